The van der Waals surface area contributed by atoms with E-state index >= 15 is 0 Å². The number of nitrogens with zero attached hydrogens (tertiary/aromatic N) is 1. The van der Waals surface area contributed by atoms with Gasteiger partial charge in [-0.15, -0.1) is 0 Å². The predicted molar refractivity (Wildman–Crippen MR) is 107 cm³/mol. The smallest absolute Gasteiger partial charge is 0.303 e. The minimum absolute atomic E-state index is 0.0574. The molecule has 1 saturated carbocycles. The summed E-state index contributed by atoms with van der Waals surface area (Å²) in [5.41, 5.74) is 0.234. The van der Waals surface area contributed by atoms with Gasteiger partial charge >= 0.3 is 5.97 Å². The SMILES string of the molecule is CCCC(=O)O.CN(C1CC1)S(=O)(=O)c1cc2c(cc1F)[nH]c(=O)c1[nH]ccc12. The molecular formula is C19H22FN3O5S. The van der Waals surface area contributed by atoms with Gasteiger partial charge in [0.05, 0.1) is 5.52 Å². The summed E-state index contributed by atoms with van der Waals surface area (Å²) >= 11 is 0. The number of H-pyrrole nitrogens is 2. The van der Waals surface area contributed by atoms with Gasteiger partial charge in [-0.3, -0.25) is 9.59 Å². The first-order valence-corrected chi connectivity index (χ1v) is 10.6. The number of aliphatic carboxylic acids is 1. The number of carbonyl (C=O) groups is 1. The number of halogens is 1. The molecule has 0 bridgehead atoms. The Hall–Kier alpha value is -2.72. The van der Waals surface area contributed by atoms with E-state index in [1.807, 2.05) is 6.92 Å². The molecule has 3 N–H and O–H groups in total. The molecule has 8 nitrogen and oxygen atoms in total. The van der Waals surface area contributed by atoms with E-state index in [1.165, 1.54) is 17.4 Å². The van der Waals surface area contributed by atoms with Crippen LogP contribution in [0.3, 0.4) is 0 Å². The molecule has 156 valence electrons. The molecule has 0 spiro atoms. The molecule has 1 aromatic carbocycles. The van der Waals surface area contributed by atoms with Crippen LogP contribution in [0.4, 0.5) is 4.39 Å². The molecular weight excluding hydrogens is 401 g/mol. The highest BCUT2D eigenvalue weighted by Gasteiger charge is 2.36. The first-order chi connectivity index (χ1) is 13.7. The van der Waals surface area contributed by atoms with Crippen LogP contribution in [0.5, 0.6) is 0 Å². The van der Waals surface area contributed by atoms with E-state index in [0.717, 1.165) is 25.3 Å². The molecule has 2 aromatic heterocycles. The molecule has 0 unspecified atom stereocenters. The highest BCUT2D eigenvalue weighted by molar-refractivity contribution is 7.89. The Morgan fingerprint density at radius 1 is 1.31 bits per heavy atom. The third kappa shape index (κ3) is 4.18. The zero-order chi connectivity index (χ0) is 21.3. The Morgan fingerprint density at radius 3 is 2.55 bits per heavy atom. The van der Waals surface area contributed by atoms with E-state index in [1.54, 1.807) is 12.3 Å². The highest BCUT2D eigenvalue weighted by Crippen LogP contribution is 2.33. The van der Waals surface area contributed by atoms with Gasteiger partial charge in [0.2, 0.25) is 10.0 Å². The zero-order valence-corrected chi connectivity index (χ0v) is 16.8. The van der Waals surface area contributed by atoms with Gasteiger partial charge in [0.15, 0.2) is 0 Å². The normalized spacial score (nSPS) is 14.2. The van der Waals surface area contributed by atoms with Gasteiger partial charge in [-0.25, -0.2) is 12.8 Å². The Kier molecular flexibility index (Phi) is 5.76. The minimum atomic E-state index is -3.90. The van der Waals surface area contributed by atoms with E-state index in [9.17, 15) is 22.4 Å². The average molecular weight is 423 g/mol. The zero-order valence-electron chi connectivity index (χ0n) is 16.0. The summed E-state index contributed by atoms with van der Waals surface area (Å²) in [4.78, 5) is 26.5. The number of nitrogens with one attached hydrogen (secondary N) is 2. The number of hydrogen-bond acceptors (Lipinski definition) is 4. The van der Waals surface area contributed by atoms with Crippen molar-refractivity contribution < 1.29 is 22.7 Å². The summed E-state index contributed by atoms with van der Waals surface area (Å²) in [6.07, 6.45) is 4.20. The summed E-state index contributed by atoms with van der Waals surface area (Å²) < 4.78 is 40.9. The lowest BCUT2D eigenvalue weighted by Gasteiger charge is -2.17. The maximum atomic E-state index is 14.4. The van der Waals surface area contributed by atoms with Crippen molar-refractivity contribution in [1.29, 1.82) is 0 Å². The lowest BCUT2D eigenvalue weighted by atomic mass is 10.1. The molecule has 10 heteroatoms. The number of rotatable bonds is 5. The number of fused-ring (bicyclic) bond motifs is 3. The van der Waals surface area contributed by atoms with Crippen molar-refractivity contribution in [2.75, 3.05) is 7.05 Å². The Balaban J connectivity index is 0.000000353. The molecule has 1 aliphatic carbocycles. The maximum Gasteiger partial charge on any atom is 0.303 e. The predicted octanol–water partition coefficient (Wildman–Crippen LogP) is 2.80. The second-order valence-corrected chi connectivity index (χ2v) is 8.91. The van der Waals surface area contributed by atoms with Crippen LogP contribution in [-0.4, -0.2) is 46.9 Å². The molecule has 0 saturated heterocycles. The topological polar surface area (TPSA) is 123 Å². The molecule has 0 atom stereocenters. The molecule has 0 radical (unpaired) electrons. The Morgan fingerprint density at radius 2 is 2.00 bits per heavy atom. The van der Waals surface area contributed by atoms with Crippen molar-refractivity contribution in [2.45, 2.75) is 43.5 Å². The van der Waals surface area contributed by atoms with Crippen LogP contribution >= 0.6 is 0 Å². The van der Waals surface area contributed by atoms with Gasteiger partial charge in [-0.2, -0.15) is 4.31 Å². The molecule has 0 aliphatic heterocycles. The van der Waals surface area contributed by atoms with Crippen LogP contribution in [0, 0.1) is 5.82 Å². The van der Waals surface area contributed by atoms with Gasteiger partial charge in [-0.05, 0) is 37.5 Å². The molecule has 3 aromatic rings. The second-order valence-electron chi connectivity index (χ2n) is 6.94. The van der Waals surface area contributed by atoms with Crippen LogP contribution in [0.25, 0.3) is 21.8 Å². The van der Waals surface area contributed by atoms with Gasteiger partial charge in [-0.1, -0.05) is 6.92 Å². The third-order valence-electron chi connectivity index (χ3n) is 4.77. The number of aromatic amines is 2. The highest BCUT2D eigenvalue weighted by atomic mass is 32.2. The van der Waals surface area contributed by atoms with Crippen LogP contribution in [0.15, 0.2) is 34.1 Å². The van der Waals surface area contributed by atoms with E-state index in [2.05, 4.69) is 9.97 Å². The second kappa shape index (κ2) is 7.96. The van der Waals surface area contributed by atoms with Crippen molar-refractivity contribution >= 4 is 37.8 Å². The van der Waals surface area contributed by atoms with Gasteiger partial charge < -0.3 is 15.1 Å². The Bertz CT molecular complexity index is 1230. The number of aromatic nitrogens is 2. The van der Waals surface area contributed by atoms with Gasteiger partial charge in [0.1, 0.15) is 16.2 Å². The first-order valence-electron chi connectivity index (χ1n) is 9.19. The standard InChI is InChI=1S/C15H14FN3O3S.C4H8O2/c1-19(8-2-3-8)23(21,22)13-6-10-9-4-5-17-14(9)15(20)18-12(10)7-11(13)16;1-2-3-4(5)6/h4-8,17H,2-3H2,1H3,(H,18,20);2-3H2,1H3,(H,5,6). The summed E-state index contributed by atoms with van der Waals surface area (Å²) in [5, 5.41) is 8.97. The van der Waals surface area contributed by atoms with E-state index in [4.69, 9.17) is 5.11 Å². The Labute approximate surface area is 166 Å². The molecule has 1 fully saturated rings. The summed E-state index contributed by atoms with van der Waals surface area (Å²) in [7, 11) is -2.44. The lowest BCUT2D eigenvalue weighted by Crippen LogP contribution is -2.29. The average Bonchev–Trinajstić information content (AvgIpc) is 3.37. The largest absolute Gasteiger partial charge is 0.481 e. The van der Waals surface area contributed by atoms with Crippen molar-refractivity contribution in [2.24, 2.45) is 0 Å². The first kappa shape index (κ1) is 21.0. The van der Waals surface area contributed by atoms with Crippen molar-refractivity contribution in [1.82, 2.24) is 14.3 Å². The molecule has 0 amide bonds. The monoisotopic (exact) mass is 423 g/mol. The lowest BCUT2D eigenvalue weighted by molar-refractivity contribution is -0.137. The fraction of sp³-hybridized carbons (Fsp3) is 0.368. The molecule has 29 heavy (non-hydrogen) atoms. The number of sulfonamides is 1. The fourth-order valence-electron chi connectivity index (χ4n) is 3.05. The van der Waals surface area contributed by atoms with E-state index in [0.29, 0.717) is 22.7 Å². The number of carboxylic acid groups (broad SMARTS) is 1. The maximum absolute atomic E-state index is 14.4. The number of pyridine rings is 1. The van der Waals surface area contributed by atoms with Crippen molar-refractivity contribution in [3.63, 3.8) is 0 Å². The molecule has 2 heterocycles. The minimum Gasteiger partial charge on any atom is -0.481 e. The fourth-order valence-corrected chi connectivity index (χ4v) is 4.53. The van der Waals surface area contributed by atoms with Crippen LogP contribution in [0.2, 0.25) is 0 Å². The quantitative estimate of drug-likeness (QED) is 0.582. The van der Waals surface area contributed by atoms with Crippen LogP contribution in [-0.2, 0) is 14.8 Å². The number of benzene rings is 1. The summed E-state index contributed by atoms with van der Waals surface area (Å²) in [5.74, 6) is -1.58. The number of hydrogen-bond donors (Lipinski definition) is 3. The van der Waals surface area contributed by atoms with E-state index in [-0.39, 0.29) is 22.0 Å². The molecule has 4 rings (SSSR count). The van der Waals surface area contributed by atoms with Gasteiger partial charge in [0, 0.05) is 36.5 Å². The van der Waals surface area contributed by atoms with Crippen LogP contribution < -0.4 is 5.56 Å². The molecule has 1 aliphatic rings. The summed E-state index contributed by atoms with van der Waals surface area (Å²) in [6.45, 7) is 1.84. The van der Waals surface area contributed by atoms with Crippen molar-refractivity contribution in [3.8, 4) is 0 Å². The van der Waals surface area contributed by atoms with Crippen LogP contribution in [0.1, 0.15) is 32.6 Å². The number of carboxylic acids is 1. The van der Waals surface area contributed by atoms with E-state index < -0.39 is 21.8 Å². The van der Waals surface area contributed by atoms with Crippen molar-refractivity contribution in [3.05, 3.63) is 40.6 Å². The van der Waals surface area contributed by atoms with Gasteiger partial charge in [0.25, 0.3) is 5.56 Å². The third-order valence-corrected chi connectivity index (χ3v) is 6.69. The summed E-state index contributed by atoms with van der Waals surface area (Å²) in [6, 6.07) is 3.98.